The predicted octanol–water partition coefficient (Wildman–Crippen LogP) is 0.829. The molecule has 40 heavy (non-hydrogen) atoms. The number of nitrogens with one attached hydrogen (secondary N) is 3. The second-order valence-electron chi connectivity index (χ2n) is 10.1. The van der Waals surface area contributed by atoms with Gasteiger partial charge in [-0.3, -0.25) is 14.4 Å². The Morgan fingerprint density at radius 1 is 0.775 bits per heavy atom. The smallest absolute Gasteiger partial charge is 0.326 e. The Hall–Kier alpha value is -3.96. The Balaban J connectivity index is 2.29. The Morgan fingerprint density at radius 2 is 1.30 bits per heavy atom. The predicted molar refractivity (Wildman–Crippen MR) is 151 cm³/mol. The van der Waals surface area contributed by atoms with Crippen LogP contribution in [0.15, 0.2) is 54.6 Å². The molecular weight excluding hydrogens is 514 g/mol. The molecule has 0 aliphatic rings. The first-order valence-corrected chi connectivity index (χ1v) is 13.4. The summed E-state index contributed by atoms with van der Waals surface area (Å²) in [4.78, 5) is 51.4. The van der Waals surface area contributed by atoms with Crippen molar-refractivity contribution in [3.8, 4) is 5.75 Å². The van der Waals surface area contributed by atoms with E-state index in [9.17, 15) is 29.4 Å². The van der Waals surface area contributed by atoms with Crippen LogP contribution in [0.2, 0.25) is 0 Å². The van der Waals surface area contributed by atoms with Crippen LogP contribution in [0.4, 0.5) is 0 Å². The lowest BCUT2D eigenvalue weighted by atomic mass is 10.00. The van der Waals surface area contributed by atoms with E-state index in [0.29, 0.717) is 24.9 Å². The fourth-order valence-electron chi connectivity index (χ4n) is 4.09. The molecule has 2 rings (SSSR count). The number of carbonyl (C=O) groups is 4. The van der Waals surface area contributed by atoms with Crippen LogP contribution in [0.1, 0.15) is 44.2 Å². The molecule has 0 saturated heterocycles. The number of unbranched alkanes of at least 4 members (excludes halogenated alkanes) is 1. The molecule has 0 heterocycles. The van der Waals surface area contributed by atoms with E-state index in [-0.39, 0.29) is 18.6 Å². The fourth-order valence-corrected chi connectivity index (χ4v) is 4.09. The van der Waals surface area contributed by atoms with Crippen molar-refractivity contribution in [2.75, 3.05) is 6.54 Å². The average molecular weight is 556 g/mol. The lowest BCUT2D eigenvalue weighted by Crippen LogP contribution is -2.58. The van der Waals surface area contributed by atoms with E-state index in [1.165, 1.54) is 12.1 Å². The van der Waals surface area contributed by atoms with Crippen molar-refractivity contribution < 1.29 is 29.4 Å². The summed E-state index contributed by atoms with van der Waals surface area (Å²) in [6, 6.07) is 11.0. The van der Waals surface area contributed by atoms with E-state index in [2.05, 4.69) is 16.0 Å². The van der Waals surface area contributed by atoms with Crippen molar-refractivity contribution in [3.63, 3.8) is 0 Å². The first kappa shape index (κ1) is 32.3. The maximum absolute atomic E-state index is 13.6. The first-order valence-electron chi connectivity index (χ1n) is 13.4. The Kier molecular flexibility index (Phi) is 13.1. The van der Waals surface area contributed by atoms with Gasteiger partial charge in [0.25, 0.3) is 0 Å². The number of aliphatic carboxylic acids is 1. The lowest BCUT2D eigenvalue weighted by molar-refractivity contribution is -0.143. The van der Waals surface area contributed by atoms with Gasteiger partial charge in [-0.25, -0.2) is 4.79 Å². The number of benzene rings is 2. The summed E-state index contributed by atoms with van der Waals surface area (Å²) in [5, 5.41) is 27.1. The molecule has 4 atom stereocenters. The van der Waals surface area contributed by atoms with E-state index >= 15 is 0 Å². The summed E-state index contributed by atoms with van der Waals surface area (Å²) in [6.45, 7) is 3.81. The van der Waals surface area contributed by atoms with E-state index in [0.717, 1.165) is 12.0 Å². The van der Waals surface area contributed by atoms with Crippen molar-refractivity contribution in [1.82, 2.24) is 16.0 Å². The summed E-state index contributed by atoms with van der Waals surface area (Å²) in [6.07, 6.45) is 1.95. The molecule has 9 N–H and O–H groups in total. The van der Waals surface area contributed by atoms with Crippen LogP contribution in [-0.4, -0.2) is 64.6 Å². The summed E-state index contributed by atoms with van der Waals surface area (Å²) in [5.41, 5.74) is 13.0. The molecule has 11 nitrogen and oxygen atoms in total. The van der Waals surface area contributed by atoms with Crippen LogP contribution in [0, 0.1) is 5.92 Å². The number of nitrogens with two attached hydrogens (primary N) is 2. The van der Waals surface area contributed by atoms with Gasteiger partial charge in [0.05, 0.1) is 6.04 Å². The zero-order valence-corrected chi connectivity index (χ0v) is 23.0. The van der Waals surface area contributed by atoms with E-state index in [4.69, 9.17) is 11.5 Å². The topological polar surface area (TPSA) is 197 Å². The SMILES string of the molecule is CC(C)C(NC(=O)C(Cc1ccc(O)cc1)NC(=O)C(Cc1ccccc1)NC(=O)C(N)CCCCN)C(=O)O. The zero-order valence-electron chi connectivity index (χ0n) is 23.0. The summed E-state index contributed by atoms with van der Waals surface area (Å²) >= 11 is 0. The quantitative estimate of drug-likeness (QED) is 0.148. The van der Waals surface area contributed by atoms with Crippen LogP contribution in [-0.2, 0) is 32.0 Å². The summed E-state index contributed by atoms with van der Waals surface area (Å²) in [7, 11) is 0. The van der Waals surface area contributed by atoms with E-state index in [1.54, 1.807) is 26.0 Å². The standard InChI is InChI=1S/C29H41N5O6/c1-18(2)25(29(39)40)34-28(38)24(17-20-11-13-21(35)14-12-20)33-27(37)23(16-19-8-4-3-5-9-19)32-26(36)22(31)10-6-7-15-30/h3-5,8-9,11-14,18,22-25,35H,6-7,10,15-17,30-31H2,1-2H3,(H,32,36)(H,33,37)(H,34,38)(H,39,40). The van der Waals surface area contributed by atoms with Gasteiger partial charge in [0, 0.05) is 12.8 Å². The van der Waals surface area contributed by atoms with Gasteiger partial charge in [-0.1, -0.05) is 62.7 Å². The van der Waals surface area contributed by atoms with E-state index in [1.807, 2.05) is 30.3 Å². The van der Waals surface area contributed by atoms with Crippen molar-refractivity contribution >= 4 is 23.7 Å². The Bertz CT molecular complexity index is 1110. The largest absolute Gasteiger partial charge is 0.508 e. The number of amides is 3. The lowest BCUT2D eigenvalue weighted by Gasteiger charge is -2.26. The fraction of sp³-hybridized carbons (Fsp3) is 0.448. The number of rotatable bonds is 16. The number of carboxylic acid groups (broad SMARTS) is 1. The van der Waals surface area contributed by atoms with Gasteiger partial charge in [-0.2, -0.15) is 0 Å². The van der Waals surface area contributed by atoms with Crippen molar-refractivity contribution in [1.29, 1.82) is 0 Å². The minimum atomic E-state index is -1.20. The molecule has 2 aromatic rings. The van der Waals surface area contributed by atoms with Crippen LogP contribution in [0.5, 0.6) is 5.75 Å². The molecule has 3 amide bonds. The number of carbonyl (C=O) groups excluding carboxylic acids is 3. The van der Waals surface area contributed by atoms with Crippen LogP contribution in [0.3, 0.4) is 0 Å². The normalized spacial score (nSPS) is 14.0. The van der Waals surface area contributed by atoms with Crippen LogP contribution >= 0.6 is 0 Å². The van der Waals surface area contributed by atoms with Gasteiger partial charge in [0.1, 0.15) is 23.9 Å². The van der Waals surface area contributed by atoms with Crippen molar-refractivity contribution in [3.05, 3.63) is 65.7 Å². The number of hydrogen-bond acceptors (Lipinski definition) is 7. The van der Waals surface area contributed by atoms with Gasteiger partial charge in [-0.05, 0) is 48.6 Å². The number of hydrogen-bond donors (Lipinski definition) is 7. The highest BCUT2D eigenvalue weighted by atomic mass is 16.4. The van der Waals surface area contributed by atoms with Gasteiger partial charge in [0.2, 0.25) is 17.7 Å². The number of aromatic hydroxyl groups is 1. The molecule has 11 heteroatoms. The molecule has 218 valence electrons. The second kappa shape index (κ2) is 16.2. The minimum absolute atomic E-state index is 0.0207. The second-order valence-corrected chi connectivity index (χ2v) is 10.1. The third kappa shape index (κ3) is 10.7. The first-order chi connectivity index (χ1) is 19.0. The van der Waals surface area contributed by atoms with Crippen molar-refractivity contribution in [2.24, 2.45) is 17.4 Å². The molecular formula is C29H41N5O6. The maximum Gasteiger partial charge on any atom is 0.326 e. The molecule has 0 fully saturated rings. The Labute approximate surface area is 234 Å². The number of phenolic OH excluding ortho intramolecular Hbond substituents is 1. The summed E-state index contributed by atoms with van der Waals surface area (Å²) < 4.78 is 0. The Morgan fingerprint density at radius 3 is 1.82 bits per heavy atom. The van der Waals surface area contributed by atoms with Crippen LogP contribution < -0.4 is 27.4 Å². The van der Waals surface area contributed by atoms with Gasteiger partial charge in [0.15, 0.2) is 0 Å². The molecule has 4 unspecified atom stereocenters. The summed E-state index contributed by atoms with van der Waals surface area (Å²) in [5.74, 6) is -3.38. The minimum Gasteiger partial charge on any atom is -0.508 e. The monoisotopic (exact) mass is 555 g/mol. The molecule has 0 aromatic heterocycles. The number of carboxylic acids is 1. The highest BCUT2D eigenvalue weighted by Gasteiger charge is 2.31. The molecule has 0 aliphatic carbocycles. The molecule has 0 bridgehead atoms. The van der Waals surface area contributed by atoms with E-state index < -0.39 is 53.8 Å². The molecule has 2 aromatic carbocycles. The molecule has 0 aliphatic heterocycles. The third-order valence-electron chi connectivity index (χ3n) is 6.46. The number of phenols is 1. The maximum atomic E-state index is 13.6. The zero-order chi connectivity index (χ0) is 29.7. The highest BCUT2D eigenvalue weighted by Crippen LogP contribution is 2.13. The van der Waals surface area contributed by atoms with Crippen LogP contribution in [0.25, 0.3) is 0 Å². The highest BCUT2D eigenvalue weighted by molar-refractivity contribution is 5.94. The van der Waals surface area contributed by atoms with Crippen molar-refractivity contribution in [2.45, 2.75) is 70.1 Å². The molecule has 0 spiro atoms. The molecule has 0 saturated carbocycles. The third-order valence-corrected chi connectivity index (χ3v) is 6.46. The molecule has 0 radical (unpaired) electrons. The van der Waals surface area contributed by atoms with Gasteiger partial charge >= 0.3 is 5.97 Å². The average Bonchev–Trinajstić information content (AvgIpc) is 2.92. The van der Waals surface area contributed by atoms with Gasteiger partial charge in [-0.15, -0.1) is 0 Å². The van der Waals surface area contributed by atoms with Gasteiger partial charge < -0.3 is 37.6 Å².